The fourth-order valence-electron chi connectivity index (χ4n) is 1.36. The van der Waals surface area contributed by atoms with Gasteiger partial charge in [0.05, 0.1) is 0 Å². The van der Waals surface area contributed by atoms with Crippen LogP contribution in [0.2, 0.25) is 0 Å². The summed E-state index contributed by atoms with van der Waals surface area (Å²) in [6.07, 6.45) is 2.60. The van der Waals surface area contributed by atoms with Crippen molar-refractivity contribution in [3.8, 4) is 0 Å². The minimum absolute atomic E-state index is 0.470. The molecule has 0 amide bonds. The van der Waals surface area contributed by atoms with Gasteiger partial charge in [0.2, 0.25) is 0 Å². The molecule has 1 nitrogen and oxygen atoms in total. The van der Waals surface area contributed by atoms with Gasteiger partial charge in [0.25, 0.3) is 0 Å². The van der Waals surface area contributed by atoms with Gasteiger partial charge in [-0.2, -0.15) is 11.8 Å². The van der Waals surface area contributed by atoms with E-state index in [1.54, 1.807) is 0 Å². The highest BCUT2D eigenvalue weighted by Crippen LogP contribution is 2.22. The van der Waals surface area contributed by atoms with E-state index in [1.165, 1.54) is 24.3 Å². The van der Waals surface area contributed by atoms with Crippen LogP contribution in [0.25, 0.3) is 0 Å². The molecule has 0 aromatic carbocycles. The highest BCUT2D eigenvalue weighted by Gasteiger charge is 2.14. The van der Waals surface area contributed by atoms with Gasteiger partial charge in [0.1, 0.15) is 0 Å². The van der Waals surface area contributed by atoms with Crippen molar-refractivity contribution in [2.75, 3.05) is 18.6 Å². The molecular weight excluding hydrogens is 202 g/mol. The second-order valence-electron chi connectivity index (χ2n) is 6.02. The lowest BCUT2D eigenvalue weighted by Gasteiger charge is -2.23. The molecule has 0 aliphatic heterocycles. The molecule has 0 aromatic heterocycles. The fourth-order valence-corrected chi connectivity index (χ4v) is 2.59. The Labute approximate surface area is 101 Å². The predicted octanol–water partition coefficient (Wildman–Crippen LogP) is 3.79. The highest BCUT2D eigenvalue weighted by molar-refractivity contribution is 7.99. The van der Waals surface area contributed by atoms with Crippen LogP contribution in [-0.4, -0.2) is 24.6 Å². The van der Waals surface area contributed by atoms with Gasteiger partial charge < -0.3 is 5.32 Å². The molecule has 0 saturated carbocycles. The fraction of sp³-hybridized carbons (Fsp3) is 1.00. The molecule has 0 aliphatic rings. The van der Waals surface area contributed by atoms with Crippen LogP contribution < -0.4 is 5.32 Å². The first-order valence-corrected chi connectivity index (χ1v) is 7.25. The van der Waals surface area contributed by atoms with Crippen molar-refractivity contribution in [3.05, 3.63) is 0 Å². The van der Waals surface area contributed by atoms with Crippen LogP contribution in [0.5, 0.6) is 0 Å². The maximum atomic E-state index is 3.43. The average molecular weight is 231 g/mol. The van der Waals surface area contributed by atoms with Crippen molar-refractivity contribution in [2.24, 2.45) is 11.3 Å². The topological polar surface area (TPSA) is 12.0 Å². The normalized spacial score (nSPS) is 14.6. The second kappa shape index (κ2) is 7.56. The summed E-state index contributed by atoms with van der Waals surface area (Å²) in [5.41, 5.74) is 0.470. The molecule has 0 aliphatic carbocycles. The minimum atomic E-state index is 0.470. The van der Waals surface area contributed by atoms with Gasteiger partial charge in [-0.05, 0) is 37.0 Å². The van der Waals surface area contributed by atoms with Gasteiger partial charge in [0, 0.05) is 11.8 Å². The molecule has 2 heteroatoms. The summed E-state index contributed by atoms with van der Waals surface area (Å²) in [7, 11) is 2.09. The summed E-state index contributed by atoms with van der Waals surface area (Å²) >= 11 is 2.08. The molecule has 15 heavy (non-hydrogen) atoms. The van der Waals surface area contributed by atoms with Gasteiger partial charge in [-0.1, -0.05) is 34.6 Å². The molecule has 1 N–H and O–H groups in total. The summed E-state index contributed by atoms with van der Waals surface area (Å²) in [4.78, 5) is 0. The molecule has 92 valence electrons. The van der Waals surface area contributed by atoms with E-state index >= 15 is 0 Å². The summed E-state index contributed by atoms with van der Waals surface area (Å²) in [5, 5.41) is 3.43. The van der Waals surface area contributed by atoms with Crippen molar-refractivity contribution in [2.45, 2.75) is 53.5 Å². The van der Waals surface area contributed by atoms with Crippen LogP contribution in [-0.2, 0) is 0 Å². The van der Waals surface area contributed by atoms with Crippen molar-refractivity contribution in [3.63, 3.8) is 0 Å². The Morgan fingerprint density at radius 1 is 1.13 bits per heavy atom. The largest absolute Gasteiger partial charge is 0.316 e. The molecular formula is C13H29NS. The zero-order valence-corrected chi connectivity index (χ0v) is 12.2. The first-order valence-electron chi connectivity index (χ1n) is 6.10. The first kappa shape index (κ1) is 15.3. The van der Waals surface area contributed by atoms with Gasteiger partial charge in [-0.15, -0.1) is 0 Å². The van der Waals surface area contributed by atoms with Crippen LogP contribution in [0, 0.1) is 11.3 Å². The zero-order valence-electron chi connectivity index (χ0n) is 11.4. The molecule has 0 fully saturated rings. The Kier molecular flexibility index (Phi) is 7.72. The van der Waals surface area contributed by atoms with Gasteiger partial charge in [0.15, 0.2) is 0 Å². The van der Waals surface area contributed by atoms with Crippen molar-refractivity contribution in [1.82, 2.24) is 5.32 Å². The standard InChI is InChI=1S/C13H29NS/c1-11(2)9-15-10-12(14-6)7-8-13(3,4)5/h11-12,14H,7-10H2,1-6H3. The van der Waals surface area contributed by atoms with E-state index in [2.05, 4.69) is 58.7 Å². The minimum Gasteiger partial charge on any atom is -0.316 e. The number of hydrogen-bond donors (Lipinski definition) is 1. The molecule has 0 rings (SSSR count). The third kappa shape index (κ3) is 10.6. The van der Waals surface area contributed by atoms with E-state index < -0.39 is 0 Å². The lowest BCUT2D eigenvalue weighted by Crippen LogP contribution is -2.29. The van der Waals surface area contributed by atoms with Crippen LogP contribution in [0.15, 0.2) is 0 Å². The molecule has 0 heterocycles. The zero-order chi connectivity index (χ0) is 11.9. The molecule has 1 unspecified atom stereocenters. The van der Waals surface area contributed by atoms with Crippen LogP contribution in [0.4, 0.5) is 0 Å². The summed E-state index contributed by atoms with van der Waals surface area (Å²) in [6, 6.07) is 0.688. The maximum absolute atomic E-state index is 3.43. The molecule has 0 saturated heterocycles. The van der Waals surface area contributed by atoms with Gasteiger partial charge in [-0.3, -0.25) is 0 Å². The van der Waals surface area contributed by atoms with Crippen molar-refractivity contribution in [1.29, 1.82) is 0 Å². The van der Waals surface area contributed by atoms with Crippen molar-refractivity contribution < 1.29 is 0 Å². The lowest BCUT2D eigenvalue weighted by molar-refractivity contribution is 0.343. The lowest BCUT2D eigenvalue weighted by atomic mass is 9.89. The summed E-state index contributed by atoms with van der Waals surface area (Å²) < 4.78 is 0. The Balaban J connectivity index is 3.64. The number of rotatable bonds is 7. The predicted molar refractivity (Wildman–Crippen MR) is 73.7 cm³/mol. The van der Waals surface area contributed by atoms with E-state index in [4.69, 9.17) is 0 Å². The van der Waals surface area contributed by atoms with Gasteiger partial charge >= 0.3 is 0 Å². The molecule has 1 atom stereocenters. The Bertz CT molecular complexity index is 149. The smallest absolute Gasteiger partial charge is 0.0155 e. The third-order valence-electron chi connectivity index (χ3n) is 2.42. The van der Waals surface area contributed by atoms with E-state index in [-0.39, 0.29) is 0 Å². The molecule has 0 bridgehead atoms. The third-order valence-corrected chi connectivity index (χ3v) is 3.96. The van der Waals surface area contributed by atoms with E-state index in [0.717, 1.165) is 5.92 Å². The van der Waals surface area contributed by atoms with E-state index in [0.29, 0.717) is 11.5 Å². The maximum Gasteiger partial charge on any atom is 0.0155 e. The Morgan fingerprint density at radius 2 is 1.73 bits per heavy atom. The molecule has 0 aromatic rings. The van der Waals surface area contributed by atoms with Crippen LogP contribution in [0.3, 0.4) is 0 Å². The highest BCUT2D eigenvalue weighted by atomic mass is 32.2. The van der Waals surface area contributed by atoms with Gasteiger partial charge in [-0.25, -0.2) is 0 Å². The number of hydrogen-bond acceptors (Lipinski definition) is 2. The number of nitrogens with one attached hydrogen (secondary N) is 1. The molecule has 0 radical (unpaired) electrons. The Hall–Kier alpha value is 0.310. The summed E-state index contributed by atoms with van der Waals surface area (Å²) in [5.74, 6) is 3.36. The monoisotopic (exact) mass is 231 g/mol. The van der Waals surface area contributed by atoms with E-state index in [9.17, 15) is 0 Å². The first-order chi connectivity index (χ1) is 6.85. The van der Waals surface area contributed by atoms with E-state index in [1.807, 2.05) is 0 Å². The summed E-state index contributed by atoms with van der Waals surface area (Å²) in [6.45, 7) is 11.5. The number of thioether (sulfide) groups is 1. The second-order valence-corrected chi connectivity index (χ2v) is 7.09. The average Bonchev–Trinajstić information content (AvgIpc) is 2.08. The molecule has 0 spiro atoms. The SMILES string of the molecule is CNC(CCC(C)(C)C)CSCC(C)C. The quantitative estimate of drug-likeness (QED) is 0.715. The van der Waals surface area contributed by atoms with Crippen molar-refractivity contribution >= 4 is 11.8 Å². The Morgan fingerprint density at radius 3 is 2.13 bits per heavy atom. The van der Waals surface area contributed by atoms with Crippen LogP contribution >= 0.6 is 11.8 Å². The van der Waals surface area contributed by atoms with Crippen LogP contribution in [0.1, 0.15) is 47.5 Å².